The van der Waals surface area contributed by atoms with Crippen molar-refractivity contribution in [1.29, 1.82) is 0 Å². The molecule has 0 aliphatic carbocycles. The third kappa shape index (κ3) is 4.50. The fraction of sp³-hybridized carbons (Fsp3) is 0.375. The fourth-order valence-electron chi connectivity index (χ4n) is 2.13. The summed E-state index contributed by atoms with van der Waals surface area (Å²) in [5.41, 5.74) is 3.26. The second-order valence-electron chi connectivity index (χ2n) is 5.37. The lowest BCUT2D eigenvalue weighted by Gasteiger charge is -2.08. The molecule has 0 aliphatic heterocycles. The molecule has 5 nitrogen and oxygen atoms in total. The molecule has 0 spiro atoms. The molecule has 1 N–H and O–H groups in total. The minimum Gasteiger partial charge on any atom is -0.464 e. The zero-order valence-electron chi connectivity index (χ0n) is 13.1. The van der Waals surface area contributed by atoms with E-state index in [0.29, 0.717) is 11.1 Å². The van der Waals surface area contributed by atoms with E-state index in [0.717, 1.165) is 16.5 Å². The van der Waals surface area contributed by atoms with E-state index in [4.69, 9.17) is 4.42 Å². The van der Waals surface area contributed by atoms with Crippen molar-refractivity contribution >= 4 is 22.8 Å². The SMILES string of the molecule is Cc1ccc2c(CC(=O)OCC(=O)NCC(F)(F)F)coc2c1C. The van der Waals surface area contributed by atoms with Gasteiger partial charge in [-0.2, -0.15) is 13.2 Å². The lowest BCUT2D eigenvalue weighted by Crippen LogP contribution is -2.36. The summed E-state index contributed by atoms with van der Waals surface area (Å²) in [6, 6.07) is 3.71. The Labute approximate surface area is 135 Å². The molecule has 0 fully saturated rings. The van der Waals surface area contributed by atoms with Crippen LogP contribution in [0.25, 0.3) is 11.0 Å². The van der Waals surface area contributed by atoms with Gasteiger partial charge in [0.1, 0.15) is 12.1 Å². The van der Waals surface area contributed by atoms with Gasteiger partial charge in [0.25, 0.3) is 5.91 Å². The van der Waals surface area contributed by atoms with Crippen molar-refractivity contribution in [2.24, 2.45) is 0 Å². The third-order valence-corrected chi connectivity index (χ3v) is 3.53. The van der Waals surface area contributed by atoms with Crippen molar-refractivity contribution in [3.05, 3.63) is 35.1 Å². The van der Waals surface area contributed by atoms with Crippen LogP contribution < -0.4 is 5.32 Å². The highest BCUT2D eigenvalue weighted by Crippen LogP contribution is 2.26. The van der Waals surface area contributed by atoms with Gasteiger partial charge in [-0.25, -0.2) is 0 Å². The first-order valence-corrected chi connectivity index (χ1v) is 7.12. The highest BCUT2D eigenvalue weighted by molar-refractivity contribution is 5.89. The molecule has 0 saturated heterocycles. The Morgan fingerprint density at radius 3 is 2.62 bits per heavy atom. The van der Waals surface area contributed by atoms with Crippen LogP contribution >= 0.6 is 0 Å². The Balaban J connectivity index is 1.91. The van der Waals surface area contributed by atoms with E-state index in [-0.39, 0.29) is 6.42 Å². The first kappa shape index (κ1) is 17.8. The number of nitrogens with one attached hydrogen (secondary N) is 1. The van der Waals surface area contributed by atoms with Crippen LogP contribution in [0, 0.1) is 13.8 Å². The summed E-state index contributed by atoms with van der Waals surface area (Å²) < 4.78 is 46.0. The second kappa shape index (κ2) is 6.94. The largest absolute Gasteiger partial charge is 0.464 e. The van der Waals surface area contributed by atoms with E-state index in [1.54, 1.807) is 5.32 Å². The normalized spacial score (nSPS) is 11.5. The summed E-state index contributed by atoms with van der Waals surface area (Å²) in [6.07, 6.45) is -3.21. The van der Waals surface area contributed by atoms with Crippen LogP contribution in [0.3, 0.4) is 0 Å². The molecule has 1 aromatic heterocycles. The zero-order valence-corrected chi connectivity index (χ0v) is 13.1. The summed E-state index contributed by atoms with van der Waals surface area (Å²) in [5.74, 6) is -1.73. The highest BCUT2D eigenvalue weighted by atomic mass is 19.4. The van der Waals surface area contributed by atoms with Crippen molar-refractivity contribution in [3.63, 3.8) is 0 Å². The number of halogens is 3. The molecule has 24 heavy (non-hydrogen) atoms. The number of furan rings is 1. The monoisotopic (exact) mass is 343 g/mol. The van der Waals surface area contributed by atoms with Crippen LogP contribution in [-0.2, 0) is 20.7 Å². The van der Waals surface area contributed by atoms with Crippen molar-refractivity contribution in [1.82, 2.24) is 5.32 Å². The number of carbonyl (C=O) groups excluding carboxylic acids is 2. The molecule has 1 heterocycles. The predicted molar refractivity (Wildman–Crippen MR) is 79.4 cm³/mol. The Morgan fingerprint density at radius 1 is 1.25 bits per heavy atom. The number of carbonyl (C=O) groups is 2. The van der Waals surface area contributed by atoms with Gasteiger partial charge >= 0.3 is 12.1 Å². The Bertz CT molecular complexity index is 765. The molecule has 130 valence electrons. The number of esters is 1. The first-order chi connectivity index (χ1) is 11.2. The lowest BCUT2D eigenvalue weighted by atomic mass is 10.0. The van der Waals surface area contributed by atoms with Gasteiger partial charge in [0.05, 0.1) is 12.7 Å². The first-order valence-electron chi connectivity index (χ1n) is 7.12. The van der Waals surface area contributed by atoms with Crippen molar-refractivity contribution in [2.75, 3.05) is 13.2 Å². The number of amides is 1. The van der Waals surface area contributed by atoms with Crippen molar-refractivity contribution < 1.29 is 31.9 Å². The van der Waals surface area contributed by atoms with Crippen LogP contribution in [-0.4, -0.2) is 31.2 Å². The molecule has 0 unspecified atom stereocenters. The average Bonchev–Trinajstić information content (AvgIpc) is 2.89. The minimum absolute atomic E-state index is 0.137. The van der Waals surface area contributed by atoms with Crippen LogP contribution in [0.15, 0.2) is 22.8 Å². The molecular formula is C16H16F3NO4. The zero-order chi connectivity index (χ0) is 17.9. The number of hydrogen-bond donors (Lipinski definition) is 1. The number of ether oxygens (including phenoxy) is 1. The maximum atomic E-state index is 11.9. The Hall–Kier alpha value is -2.51. The predicted octanol–water partition coefficient (Wildman–Crippen LogP) is 2.81. The smallest absolute Gasteiger partial charge is 0.405 e. The molecule has 1 aromatic carbocycles. The summed E-state index contributed by atoms with van der Waals surface area (Å²) in [4.78, 5) is 22.9. The third-order valence-electron chi connectivity index (χ3n) is 3.53. The van der Waals surface area contributed by atoms with Crippen LogP contribution in [0.2, 0.25) is 0 Å². The van der Waals surface area contributed by atoms with Gasteiger partial charge in [0.15, 0.2) is 6.61 Å². The number of alkyl halides is 3. The topological polar surface area (TPSA) is 68.5 Å². The van der Waals surface area contributed by atoms with Gasteiger partial charge in [0, 0.05) is 10.9 Å². The molecule has 8 heteroatoms. The van der Waals surface area contributed by atoms with Gasteiger partial charge in [-0.15, -0.1) is 0 Å². The summed E-state index contributed by atoms with van der Waals surface area (Å²) >= 11 is 0. The van der Waals surface area contributed by atoms with E-state index in [1.807, 2.05) is 26.0 Å². The molecule has 0 radical (unpaired) electrons. The number of rotatable bonds is 5. The van der Waals surface area contributed by atoms with Crippen LogP contribution in [0.5, 0.6) is 0 Å². The lowest BCUT2D eigenvalue weighted by molar-refractivity contribution is -0.150. The van der Waals surface area contributed by atoms with E-state index in [1.165, 1.54) is 6.26 Å². The Kier molecular flexibility index (Phi) is 5.16. The molecule has 0 saturated carbocycles. The molecule has 2 rings (SSSR count). The van der Waals surface area contributed by atoms with Crippen molar-refractivity contribution in [3.8, 4) is 0 Å². The van der Waals surface area contributed by atoms with Crippen LogP contribution in [0.4, 0.5) is 13.2 Å². The van der Waals surface area contributed by atoms with Gasteiger partial charge in [0.2, 0.25) is 0 Å². The molecule has 1 amide bonds. The maximum Gasteiger partial charge on any atom is 0.405 e. The average molecular weight is 343 g/mol. The number of fused-ring (bicyclic) bond motifs is 1. The highest BCUT2D eigenvalue weighted by Gasteiger charge is 2.27. The van der Waals surface area contributed by atoms with E-state index in [9.17, 15) is 22.8 Å². The summed E-state index contributed by atoms with van der Waals surface area (Å²) in [7, 11) is 0. The maximum absolute atomic E-state index is 11.9. The second-order valence-corrected chi connectivity index (χ2v) is 5.37. The number of aryl methyl sites for hydroxylation is 2. The van der Waals surface area contributed by atoms with Gasteiger partial charge in [-0.05, 0) is 25.0 Å². The molecule has 0 atom stereocenters. The van der Waals surface area contributed by atoms with Gasteiger partial charge in [-0.3, -0.25) is 9.59 Å². The van der Waals surface area contributed by atoms with Crippen molar-refractivity contribution in [2.45, 2.75) is 26.4 Å². The fourth-order valence-corrected chi connectivity index (χ4v) is 2.13. The number of benzene rings is 1. The van der Waals surface area contributed by atoms with E-state index in [2.05, 4.69) is 4.74 Å². The summed E-state index contributed by atoms with van der Waals surface area (Å²) in [5, 5.41) is 2.38. The molecule has 2 aromatic rings. The molecule has 0 aliphatic rings. The van der Waals surface area contributed by atoms with Crippen LogP contribution in [0.1, 0.15) is 16.7 Å². The number of hydrogen-bond acceptors (Lipinski definition) is 4. The standard InChI is InChI=1S/C16H16F3NO4/c1-9-3-4-12-11(6-24-15(12)10(9)2)5-14(22)23-7-13(21)20-8-16(17,18)19/h3-4,6H,5,7-8H2,1-2H3,(H,20,21). The van der Waals surface area contributed by atoms with Gasteiger partial charge < -0.3 is 14.5 Å². The van der Waals surface area contributed by atoms with E-state index >= 15 is 0 Å². The Morgan fingerprint density at radius 2 is 1.96 bits per heavy atom. The van der Waals surface area contributed by atoms with Gasteiger partial charge in [-0.1, -0.05) is 12.1 Å². The molecule has 0 bridgehead atoms. The quantitative estimate of drug-likeness (QED) is 0.848. The summed E-state index contributed by atoms with van der Waals surface area (Å²) in [6.45, 7) is 1.61. The minimum atomic E-state index is -4.51. The molecular weight excluding hydrogens is 327 g/mol. The van der Waals surface area contributed by atoms with E-state index < -0.39 is 31.2 Å².